The topological polar surface area (TPSA) is 111 Å². The predicted octanol–water partition coefficient (Wildman–Crippen LogP) is 3.25. The Morgan fingerprint density at radius 1 is 1.29 bits per heavy atom. The predicted molar refractivity (Wildman–Crippen MR) is 127 cm³/mol. The Hall–Kier alpha value is -3.80. The number of rotatable bonds is 7. The maximum Gasteiger partial charge on any atom is 0.328 e. The van der Waals surface area contributed by atoms with Crippen molar-refractivity contribution in [2.45, 2.75) is 25.8 Å². The average Bonchev–Trinajstić information content (AvgIpc) is 3.40. The number of hydrogen-bond acceptors (Lipinski definition) is 6. The van der Waals surface area contributed by atoms with Crippen molar-refractivity contribution in [2.75, 3.05) is 11.9 Å². The third-order valence-corrected chi connectivity index (χ3v) is 6.85. The molecule has 0 atom stereocenters. The van der Waals surface area contributed by atoms with Crippen LogP contribution in [0.25, 0.3) is 22.3 Å². The molecular formula is C23H21F2N5O4S. The summed E-state index contributed by atoms with van der Waals surface area (Å²) in [6.07, 6.45) is 4.66. The fourth-order valence-electron chi connectivity index (χ4n) is 3.94. The number of fused-ring (bicyclic) bond motifs is 1. The maximum atomic E-state index is 14.5. The Kier molecular flexibility index (Phi) is 5.97. The molecule has 0 spiro atoms. The van der Waals surface area contributed by atoms with Crippen molar-refractivity contribution in [3.63, 3.8) is 0 Å². The van der Waals surface area contributed by atoms with E-state index in [2.05, 4.69) is 15.3 Å². The quantitative estimate of drug-likeness (QED) is 0.404. The average molecular weight is 502 g/mol. The van der Waals surface area contributed by atoms with Crippen LogP contribution >= 0.6 is 11.3 Å². The largest absolute Gasteiger partial charge is 0.487 e. The second-order valence-electron chi connectivity index (χ2n) is 8.46. The fraction of sp³-hybridized carbons (Fsp3) is 0.304. The molecule has 3 aromatic heterocycles. The summed E-state index contributed by atoms with van der Waals surface area (Å²) in [5.41, 5.74) is -0.0459. The van der Waals surface area contributed by atoms with E-state index in [1.54, 1.807) is 11.4 Å². The Labute approximate surface area is 201 Å². The van der Waals surface area contributed by atoms with Gasteiger partial charge in [-0.1, -0.05) is 6.42 Å². The van der Waals surface area contributed by atoms with Gasteiger partial charge in [-0.3, -0.25) is 19.1 Å². The van der Waals surface area contributed by atoms with Crippen LogP contribution in [0.5, 0.6) is 5.75 Å². The SMILES string of the molecule is Cn1c(=O)[nH]c(=O)c2c1ccn2CC(=O)Nc1nc(-c2cc(F)c(OCC3CCC3)c(F)c2)cs1. The summed E-state index contributed by atoms with van der Waals surface area (Å²) in [6.45, 7) is 0.0922. The number of anilines is 1. The zero-order chi connectivity index (χ0) is 24.7. The van der Waals surface area contributed by atoms with Crippen LogP contribution in [0.3, 0.4) is 0 Å². The molecule has 1 aromatic carbocycles. The van der Waals surface area contributed by atoms with Gasteiger partial charge >= 0.3 is 5.69 Å². The molecule has 1 amide bonds. The van der Waals surface area contributed by atoms with E-state index in [9.17, 15) is 23.2 Å². The summed E-state index contributed by atoms with van der Waals surface area (Å²) in [4.78, 5) is 43.0. The van der Waals surface area contributed by atoms with E-state index >= 15 is 0 Å². The number of halogens is 2. The molecule has 12 heteroatoms. The van der Waals surface area contributed by atoms with Crippen molar-refractivity contribution in [1.82, 2.24) is 19.1 Å². The van der Waals surface area contributed by atoms with Gasteiger partial charge in [0.2, 0.25) is 5.91 Å². The molecule has 4 aromatic rings. The lowest BCUT2D eigenvalue weighted by Gasteiger charge is -2.25. The molecule has 3 heterocycles. The number of thiazole rings is 1. The first-order valence-electron chi connectivity index (χ1n) is 11.0. The standard InChI is InChI=1S/C23H21F2N5O4S/c1-29-17-5-6-30(19(17)21(32)28-23(29)33)9-18(31)27-22-26-16(11-35-22)13-7-14(24)20(15(25)8-13)34-10-12-3-2-4-12/h5-8,11-12H,2-4,9-10H2,1H3,(H,26,27,31)(H,28,32,33). The van der Waals surface area contributed by atoms with Crippen LogP contribution in [0.2, 0.25) is 0 Å². The van der Waals surface area contributed by atoms with Crippen LogP contribution in [0.15, 0.2) is 39.4 Å². The molecule has 1 saturated carbocycles. The number of aryl methyl sites for hydroxylation is 1. The third kappa shape index (κ3) is 4.48. The number of amides is 1. The van der Waals surface area contributed by atoms with E-state index in [1.807, 2.05) is 0 Å². The van der Waals surface area contributed by atoms with E-state index < -0.39 is 34.5 Å². The van der Waals surface area contributed by atoms with Gasteiger partial charge in [0.05, 0.1) is 17.8 Å². The minimum absolute atomic E-state index is 0.188. The monoisotopic (exact) mass is 501 g/mol. The first kappa shape index (κ1) is 23.0. The number of carbonyl (C=O) groups excluding carboxylic acids is 1. The third-order valence-electron chi connectivity index (χ3n) is 6.09. The number of carbonyl (C=O) groups is 1. The molecule has 0 unspecified atom stereocenters. The molecule has 0 radical (unpaired) electrons. The summed E-state index contributed by atoms with van der Waals surface area (Å²) in [5.74, 6) is -2.13. The van der Waals surface area contributed by atoms with Gasteiger partial charge in [0.15, 0.2) is 22.5 Å². The lowest BCUT2D eigenvalue weighted by molar-refractivity contribution is -0.116. The molecule has 1 aliphatic carbocycles. The number of nitrogens with one attached hydrogen (secondary N) is 2. The van der Waals surface area contributed by atoms with Crippen molar-refractivity contribution < 1.29 is 18.3 Å². The summed E-state index contributed by atoms with van der Waals surface area (Å²) < 4.78 is 37.1. The van der Waals surface area contributed by atoms with Crippen LogP contribution in [0.1, 0.15) is 19.3 Å². The molecule has 1 fully saturated rings. The summed E-state index contributed by atoms with van der Waals surface area (Å²) >= 11 is 1.10. The van der Waals surface area contributed by atoms with Crippen molar-refractivity contribution in [1.29, 1.82) is 0 Å². The Morgan fingerprint density at radius 3 is 2.71 bits per heavy atom. The maximum absolute atomic E-state index is 14.5. The number of aromatic nitrogens is 4. The lowest BCUT2D eigenvalue weighted by Crippen LogP contribution is -2.29. The molecule has 5 rings (SSSR count). The van der Waals surface area contributed by atoms with Gasteiger partial charge in [-0.05, 0) is 37.0 Å². The number of aromatic amines is 1. The van der Waals surface area contributed by atoms with Crippen molar-refractivity contribution in [2.24, 2.45) is 13.0 Å². The van der Waals surface area contributed by atoms with Crippen LogP contribution < -0.4 is 21.3 Å². The molecule has 35 heavy (non-hydrogen) atoms. The Balaban J connectivity index is 1.29. The zero-order valence-electron chi connectivity index (χ0n) is 18.6. The molecule has 1 aliphatic rings. The second kappa shape index (κ2) is 9.10. The van der Waals surface area contributed by atoms with Crippen LogP contribution in [0.4, 0.5) is 13.9 Å². The molecule has 0 aliphatic heterocycles. The molecule has 0 bridgehead atoms. The summed E-state index contributed by atoms with van der Waals surface area (Å²) in [6, 6.07) is 3.88. The number of ether oxygens (including phenoxy) is 1. The Bertz CT molecular complexity index is 1530. The van der Waals surface area contributed by atoms with E-state index in [0.717, 1.165) is 42.7 Å². The molecule has 182 valence electrons. The minimum Gasteiger partial charge on any atom is -0.487 e. The van der Waals surface area contributed by atoms with Crippen LogP contribution in [0, 0.1) is 17.6 Å². The van der Waals surface area contributed by atoms with Gasteiger partial charge in [0.25, 0.3) is 5.56 Å². The van der Waals surface area contributed by atoms with Crippen LogP contribution in [-0.2, 0) is 18.4 Å². The lowest BCUT2D eigenvalue weighted by atomic mass is 9.86. The molecular weight excluding hydrogens is 480 g/mol. The summed E-state index contributed by atoms with van der Waals surface area (Å²) in [5, 5.41) is 4.43. The van der Waals surface area contributed by atoms with Crippen molar-refractivity contribution in [3.8, 4) is 17.0 Å². The van der Waals surface area contributed by atoms with Crippen LogP contribution in [-0.4, -0.2) is 31.6 Å². The van der Waals surface area contributed by atoms with E-state index in [0.29, 0.717) is 23.7 Å². The molecule has 0 saturated heterocycles. The highest BCUT2D eigenvalue weighted by molar-refractivity contribution is 7.14. The second-order valence-corrected chi connectivity index (χ2v) is 9.32. The summed E-state index contributed by atoms with van der Waals surface area (Å²) in [7, 11) is 1.51. The highest BCUT2D eigenvalue weighted by atomic mass is 32.1. The normalized spacial score (nSPS) is 13.7. The van der Waals surface area contributed by atoms with E-state index in [1.165, 1.54) is 22.4 Å². The van der Waals surface area contributed by atoms with Gasteiger partial charge < -0.3 is 14.6 Å². The fourth-order valence-corrected chi connectivity index (χ4v) is 4.68. The number of H-pyrrole nitrogens is 1. The minimum atomic E-state index is -0.808. The van der Waals surface area contributed by atoms with E-state index in [4.69, 9.17) is 4.74 Å². The Morgan fingerprint density at radius 2 is 2.03 bits per heavy atom. The van der Waals surface area contributed by atoms with Gasteiger partial charge in [-0.15, -0.1) is 11.3 Å². The highest BCUT2D eigenvalue weighted by Gasteiger charge is 2.21. The number of nitrogens with zero attached hydrogens (tertiary/aromatic N) is 3. The van der Waals surface area contributed by atoms with Crippen molar-refractivity contribution in [3.05, 3.63) is 62.2 Å². The van der Waals surface area contributed by atoms with Crippen molar-refractivity contribution >= 4 is 33.4 Å². The van der Waals surface area contributed by atoms with Gasteiger partial charge in [-0.25, -0.2) is 18.6 Å². The van der Waals surface area contributed by atoms with E-state index in [-0.39, 0.29) is 22.8 Å². The first-order valence-corrected chi connectivity index (χ1v) is 11.8. The van der Waals surface area contributed by atoms with Gasteiger partial charge in [0.1, 0.15) is 12.1 Å². The molecule has 2 N–H and O–H groups in total. The smallest absolute Gasteiger partial charge is 0.328 e. The molecule has 9 nitrogen and oxygen atoms in total. The number of hydrogen-bond donors (Lipinski definition) is 2. The highest BCUT2D eigenvalue weighted by Crippen LogP contribution is 2.33. The zero-order valence-corrected chi connectivity index (χ0v) is 19.5. The van der Waals surface area contributed by atoms with Gasteiger partial charge in [-0.2, -0.15) is 0 Å². The first-order chi connectivity index (χ1) is 16.8. The van der Waals surface area contributed by atoms with Gasteiger partial charge in [0, 0.05) is 24.2 Å². The number of benzene rings is 1.